The Labute approximate surface area is 104 Å². The van der Waals surface area contributed by atoms with Crippen molar-refractivity contribution in [2.75, 3.05) is 11.5 Å². The van der Waals surface area contributed by atoms with Gasteiger partial charge >= 0.3 is 0 Å². The third-order valence-corrected chi connectivity index (χ3v) is 5.03. The fourth-order valence-electron chi connectivity index (χ4n) is 2.20. The minimum Gasteiger partial charge on any atom is -0.392 e. The van der Waals surface area contributed by atoms with Gasteiger partial charge < -0.3 is 5.11 Å². The summed E-state index contributed by atoms with van der Waals surface area (Å²) in [5, 5.41) is 9.91. The van der Waals surface area contributed by atoms with Crippen molar-refractivity contribution in [1.29, 1.82) is 0 Å². The van der Waals surface area contributed by atoms with Gasteiger partial charge in [0.05, 0.1) is 17.6 Å². The van der Waals surface area contributed by atoms with Gasteiger partial charge in [0.2, 0.25) is 0 Å². The van der Waals surface area contributed by atoms with Crippen LogP contribution in [0.1, 0.15) is 12.0 Å². The average molecular weight is 276 g/mol. The normalized spacial score (nSPS) is 24.1. The molecule has 6 heteroatoms. The van der Waals surface area contributed by atoms with Crippen LogP contribution in [0.15, 0.2) is 18.2 Å². The van der Waals surface area contributed by atoms with Crippen molar-refractivity contribution in [2.24, 2.45) is 5.92 Å². The Morgan fingerprint density at radius 2 is 2.06 bits per heavy atom. The van der Waals surface area contributed by atoms with Crippen LogP contribution in [-0.2, 0) is 16.3 Å². The number of aliphatic hydroxyl groups is 1. The smallest absolute Gasteiger partial charge is 0.159 e. The topological polar surface area (TPSA) is 54.4 Å². The van der Waals surface area contributed by atoms with Gasteiger partial charge in [-0.3, -0.25) is 0 Å². The first-order chi connectivity index (χ1) is 8.37. The minimum absolute atomic E-state index is 0.0299. The first-order valence-corrected chi connectivity index (χ1v) is 7.52. The van der Waals surface area contributed by atoms with Gasteiger partial charge in [-0.15, -0.1) is 0 Å². The van der Waals surface area contributed by atoms with E-state index in [4.69, 9.17) is 0 Å². The quantitative estimate of drug-likeness (QED) is 0.905. The molecule has 2 rings (SSSR count). The summed E-state index contributed by atoms with van der Waals surface area (Å²) in [6.45, 7) is 0. The van der Waals surface area contributed by atoms with E-state index >= 15 is 0 Å². The van der Waals surface area contributed by atoms with Crippen LogP contribution in [0.4, 0.5) is 8.78 Å². The van der Waals surface area contributed by atoms with Crippen molar-refractivity contribution in [2.45, 2.75) is 18.9 Å². The van der Waals surface area contributed by atoms with Crippen LogP contribution in [0, 0.1) is 17.6 Å². The van der Waals surface area contributed by atoms with Gasteiger partial charge in [-0.1, -0.05) is 6.07 Å². The van der Waals surface area contributed by atoms with E-state index in [2.05, 4.69) is 0 Å². The summed E-state index contributed by atoms with van der Waals surface area (Å²) in [6, 6.07) is 3.43. The van der Waals surface area contributed by atoms with Crippen LogP contribution in [0.5, 0.6) is 0 Å². The van der Waals surface area contributed by atoms with Crippen LogP contribution in [-0.4, -0.2) is 31.1 Å². The van der Waals surface area contributed by atoms with E-state index in [0.717, 1.165) is 12.1 Å². The van der Waals surface area contributed by atoms with Crippen molar-refractivity contribution >= 4 is 9.84 Å². The van der Waals surface area contributed by atoms with Crippen molar-refractivity contribution in [3.63, 3.8) is 0 Å². The zero-order chi connectivity index (χ0) is 13.3. The number of benzene rings is 1. The molecule has 0 spiro atoms. The van der Waals surface area contributed by atoms with E-state index in [-0.39, 0.29) is 23.8 Å². The van der Waals surface area contributed by atoms with Gasteiger partial charge in [0.15, 0.2) is 21.5 Å². The molecule has 18 heavy (non-hydrogen) atoms. The standard InChI is InChI=1S/C12H14F2O3S/c13-10-2-1-8(5-11(10)14)6-12(15)9-3-4-18(16,17)7-9/h1-2,5,9,12,15H,3-4,6-7H2. The lowest BCUT2D eigenvalue weighted by molar-refractivity contribution is 0.120. The molecule has 0 aliphatic carbocycles. The molecule has 0 saturated carbocycles. The van der Waals surface area contributed by atoms with Crippen molar-refractivity contribution in [3.05, 3.63) is 35.4 Å². The number of rotatable bonds is 3. The molecular weight excluding hydrogens is 262 g/mol. The Bertz CT molecular complexity index is 542. The van der Waals surface area contributed by atoms with E-state index in [9.17, 15) is 22.3 Å². The van der Waals surface area contributed by atoms with Gasteiger partial charge in [-0.05, 0) is 30.5 Å². The molecule has 0 amide bonds. The lowest BCUT2D eigenvalue weighted by atomic mass is 9.96. The molecule has 1 aromatic carbocycles. The van der Waals surface area contributed by atoms with Gasteiger partial charge in [0.25, 0.3) is 0 Å². The predicted octanol–water partition coefficient (Wildman–Crippen LogP) is 1.30. The number of hydrogen-bond donors (Lipinski definition) is 1. The molecule has 2 atom stereocenters. The summed E-state index contributed by atoms with van der Waals surface area (Å²) in [5.74, 6) is -2.15. The van der Waals surface area contributed by atoms with Gasteiger partial charge in [-0.25, -0.2) is 17.2 Å². The second-order valence-electron chi connectivity index (χ2n) is 4.68. The summed E-state index contributed by atoms with van der Waals surface area (Å²) in [4.78, 5) is 0. The lowest BCUT2D eigenvalue weighted by Crippen LogP contribution is -2.24. The molecule has 100 valence electrons. The van der Waals surface area contributed by atoms with Gasteiger partial charge in [-0.2, -0.15) is 0 Å². The molecule has 3 nitrogen and oxygen atoms in total. The monoisotopic (exact) mass is 276 g/mol. The molecule has 0 radical (unpaired) electrons. The van der Waals surface area contributed by atoms with Crippen LogP contribution < -0.4 is 0 Å². The average Bonchev–Trinajstić information content (AvgIpc) is 2.64. The Morgan fingerprint density at radius 1 is 1.33 bits per heavy atom. The van der Waals surface area contributed by atoms with Gasteiger partial charge in [0.1, 0.15) is 0 Å². The van der Waals surface area contributed by atoms with E-state index in [0.29, 0.717) is 12.0 Å². The van der Waals surface area contributed by atoms with E-state index in [1.807, 2.05) is 0 Å². The first-order valence-electron chi connectivity index (χ1n) is 5.70. The number of sulfone groups is 1. The summed E-state index contributed by atoms with van der Waals surface area (Å²) in [7, 11) is -3.04. The highest BCUT2D eigenvalue weighted by Gasteiger charge is 2.32. The Morgan fingerprint density at radius 3 is 2.61 bits per heavy atom. The Balaban J connectivity index is 2.03. The summed E-state index contributed by atoms with van der Waals surface area (Å²) in [5.41, 5.74) is 0.464. The molecule has 0 bridgehead atoms. The van der Waals surface area contributed by atoms with Crippen LogP contribution in [0.25, 0.3) is 0 Å². The lowest BCUT2D eigenvalue weighted by Gasteiger charge is -2.16. The number of aliphatic hydroxyl groups excluding tert-OH is 1. The molecule has 1 N–H and O–H groups in total. The Hall–Kier alpha value is -1.01. The first kappa shape index (κ1) is 13.4. The molecule has 1 heterocycles. The highest BCUT2D eigenvalue weighted by molar-refractivity contribution is 7.91. The highest BCUT2D eigenvalue weighted by Crippen LogP contribution is 2.24. The second kappa shape index (κ2) is 4.93. The molecule has 1 aliphatic rings. The van der Waals surface area contributed by atoms with Crippen LogP contribution >= 0.6 is 0 Å². The third kappa shape index (κ3) is 3.05. The molecule has 1 saturated heterocycles. The van der Waals surface area contributed by atoms with Crippen molar-refractivity contribution in [1.82, 2.24) is 0 Å². The summed E-state index contributed by atoms with van der Waals surface area (Å²) < 4.78 is 48.3. The SMILES string of the molecule is O=S1(=O)CCC(C(O)Cc2ccc(F)c(F)c2)C1. The molecule has 0 aromatic heterocycles. The molecule has 1 aromatic rings. The molecule has 1 aliphatic heterocycles. The Kier molecular flexibility index (Phi) is 3.68. The second-order valence-corrected chi connectivity index (χ2v) is 6.91. The molecular formula is C12H14F2O3S. The summed E-state index contributed by atoms with van der Waals surface area (Å²) in [6.07, 6.45) is -0.281. The van der Waals surface area contributed by atoms with Crippen LogP contribution in [0.3, 0.4) is 0 Å². The van der Waals surface area contributed by atoms with Crippen LogP contribution in [0.2, 0.25) is 0 Å². The zero-order valence-corrected chi connectivity index (χ0v) is 10.5. The van der Waals surface area contributed by atoms with E-state index in [1.165, 1.54) is 6.07 Å². The summed E-state index contributed by atoms with van der Waals surface area (Å²) >= 11 is 0. The third-order valence-electron chi connectivity index (χ3n) is 3.24. The largest absolute Gasteiger partial charge is 0.392 e. The maximum atomic E-state index is 13.0. The van der Waals surface area contributed by atoms with Gasteiger partial charge in [0, 0.05) is 5.92 Å². The van der Waals surface area contributed by atoms with Crippen molar-refractivity contribution in [3.8, 4) is 0 Å². The zero-order valence-electron chi connectivity index (χ0n) is 9.64. The molecule has 2 unspecified atom stereocenters. The fourth-order valence-corrected chi connectivity index (χ4v) is 4.07. The maximum absolute atomic E-state index is 13.0. The fraction of sp³-hybridized carbons (Fsp3) is 0.500. The minimum atomic E-state index is -3.04. The highest BCUT2D eigenvalue weighted by atomic mass is 32.2. The van der Waals surface area contributed by atoms with E-state index in [1.54, 1.807) is 0 Å². The molecule has 1 fully saturated rings. The maximum Gasteiger partial charge on any atom is 0.159 e. The number of halogens is 2. The number of hydrogen-bond acceptors (Lipinski definition) is 3. The predicted molar refractivity (Wildman–Crippen MR) is 62.8 cm³/mol. The van der Waals surface area contributed by atoms with E-state index < -0.39 is 27.6 Å². The van der Waals surface area contributed by atoms with Crippen molar-refractivity contribution < 1.29 is 22.3 Å².